The van der Waals surface area contributed by atoms with Gasteiger partial charge in [-0.2, -0.15) is 13.2 Å². The highest BCUT2D eigenvalue weighted by molar-refractivity contribution is 7.19. The Morgan fingerprint density at radius 3 is 2.42 bits per heavy atom. The van der Waals surface area contributed by atoms with Crippen molar-refractivity contribution in [2.45, 2.75) is 45.3 Å². The number of halogens is 3. The van der Waals surface area contributed by atoms with Crippen LogP contribution < -0.4 is 5.73 Å². The largest absolute Gasteiger partial charge is 0.481 e. The highest BCUT2D eigenvalue weighted by Crippen LogP contribution is 2.37. The molecule has 0 saturated heterocycles. The SMILES string of the molecule is Cc1c(CCC(=O)c2ccc(CCC(=O)O)c(CN)c2)sc2cc(C(F)(F)F)ccc12. The predicted molar refractivity (Wildman–Crippen MR) is 115 cm³/mol. The zero-order chi connectivity index (χ0) is 22.8. The number of fused-ring (bicyclic) bond motifs is 1. The van der Waals surface area contributed by atoms with Crippen molar-refractivity contribution in [1.82, 2.24) is 0 Å². The van der Waals surface area contributed by atoms with Gasteiger partial charge in [-0.15, -0.1) is 11.3 Å². The van der Waals surface area contributed by atoms with E-state index in [9.17, 15) is 22.8 Å². The van der Waals surface area contributed by atoms with Gasteiger partial charge in [0.2, 0.25) is 0 Å². The first-order valence-electron chi connectivity index (χ1n) is 9.76. The van der Waals surface area contributed by atoms with Gasteiger partial charge in [-0.25, -0.2) is 0 Å². The second-order valence-electron chi connectivity index (χ2n) is 7.36. The Labute approximate surface area is 181 Å². The molecule has 164 valence electrons. The summed E-state index contributed by atoms with van der Waals surface area (Å²) in [4.78, 5) is 24.4. The quantitative estimate of drug-likeness (QED) is 0.444. The third kappa shape index (κ3) is 5.32. The van der Waals surface area contributed by atoms with Gasteiger partial charge in [-0.05, 0) is 60.0 Å². The lowest BCUT2D eigenvalue weighted by Gasteiger charge is -2.09. The summed E-state index contributed by atoms with van der Waals surface area (Å²) in [7, 11) is 0. The van der Waals surface area contributed by atoms with Crippen LogP contribution in [0.25, 0.3) is 10.1 Å². The zero-order valence-electron chi connectivity index (χ0n) is 16.9. The first kappa shape index (κ1) is 23.0. The maximum absolute atomic E-state index is 13.0. The Kier molecular flexibility index (Phi) is 6.81. The maximum Gasteiger partial charge on any atom is 0.416 e. The molecule has 0 saturated carbocycles. The van der Waals surface area contributed by atoms with E-state index in [2.05, 4.69) is 0 Å². The van der Waals surface area contributed by atoms with Crippen molar-refractivity contribution in [1.29, 1.82) is 0 Å². The molecule has 3 rings (SSSR count). The molecule has 1 heterocycles. The number of thiophene rings is 1. The van der Waals surface area contributed by atoms with Gasteiger partial charge in [0.25, 0.3) is 0 Å². The van der Waals surface area contributed by atoms with Crippen LogP contribution in [0.5, 0.6) is 0 Å². The molecule has 0 aliphatic carbocycles. The average molecular weight is 449 g/mol. The fourth-order valence-corrected chi connectivity index (χ4v) is 4.79. The number of alkyl halides is 3. The summed E-state index contributed by atoms with van der Waals surface area (Å²) in [5.41, 5.74) is 8.02. The summed E-state index contributed by atoms with van der Waals surface area (Å²) in [6, 6.07) is 8.83. The van der Waals surface area contributed by atoms with Gasteiger partial charge >= 0.3 is 12.1 Å². The molecule has 0 amide bonds. The maximum atomic E-state index is 13.0. The van der Waals surface area contributed by atoms with Crippen molar-refractivity contribution in [3.8, 4) is 0 Å². The van der Waals surface area contributed by atoms with Gasteiger partial charge in [0.1, 0.15) is 0 Å². The molecule has 1 aromatic heterocycles. The molecule has 4 nitrogen and oxygen atoms in total. The lowest BCUT2D eigenvalue weighted by atomic mass is 9.96. The molecule has 0 fully saturated rings. The highest BCUT2D eigenvalue weighted by Gasteiger charge is 2.30. The topological polar surface area (TPSA) is 80.4 Å². The number of carbonyl (C=O) groups is 2. The van der Waals surface area contributed by atoms with E-state index >= 15 is 0 Å². The van der Waals surface area contributed by atoms with E-state index in [1.54, 1.807) is 18.2 Å². The monoisotopic (exact) mass is 449 g/mol. The Morgan fingerprint density at radius 1 is 1.03 bits per heavy atom. The number of nitrogens with two attached hydrogens (primary N) is 1. The van der Waals surface area contributed by atoms with Crippen molar-refractivity contribution in [2.75, 3.05) is 0 Å². The van der Waals surface area contributed by atoms with E-state index in [0.29, 0.717) is 23.1 Å². The molecule has 31 heavy (non-hydrogen) atoms. The number of hydrogen-bond acceptors (Lipinski definition) is 4. The second-order valence-corrected chi connectivity index (χ2v) is 8.50. The zero-order valence-corrected chi connectivity index (χ0v) is 17.7. The molecule has 8 heteroatoms. The fraction of sp³-hybridized carbons (Fsp3) is 0.304. The fourth-order valence-electron chi connectivity index (χ4n) is 3.54. The molecule has 0 unspecified atom stereocenters. The summed E-state index contributed by atoms with van der Waals surface area (Å²) in [5, 5.41) is 9.62. The van der Waals surface area contributed by atoms with E-state index in [0.717, 1.165) is 39.1 Å². The molecule has 0 bridgehead atoms. The molecule has 0 spiro atoms. The van der Waals surface area contributed by atoms with Gasteiger partial charge in [-0.3, -0.25) is 9.59 Å². The van der Waals surface area contributed by atoms with Gasteiger partial charge in [0, 0.05) is 34.5 Å². The average Bonchev–Trinajstić information content (AvgIpc) is 3.04. The Bertz CT molecular complexity index is 1140. The third-order valence-electron chi connectivity index (χ3n) is 5.30. The molecule has 3 aromatic rings. The second kappa shape index (κ2) is 9.20. The summed E-state index contributed by atoms with van der Waals surface area (Å²) in [5.74, 6) is -0.989. The number of carboxylic acids is 1. The number of aliphatic carboxylic acids is 1. The minimum atomic E-state index is -4.39. The number of carbonyl (C=O) groups excluding carboxylic acids is 1. The van der Waals surface area contributed by atoms with Crippen molar-refractivity contribution >= 4 is 33.2 Å². The van der Waals surface area contributed by atoms with Crippen LogP contribution in [0.3, 0.4) is 0 Å². The van der Waals surface area contributed by atoms with Gasteiger partial charge < -0.3 is 10.8 Å². The van der Waals surface area contributed by atoms with Gasteiger partial charge in [-0.1, -0.05) is 18.2 Å². The van der Waals surface area contributed by atoms with Crippen LogP contribution in [0.15, 0.2) is 36.4 Å². The number of aryl methyl sites for hydroxylation is 3. The number of carboxylic acid groups (broad SMARTS) is 1. The summed E-state index contributed by atoms with van der Waals surface area (Å²) in [6.07, 6.45) is -3.40. The summed E-state index contributed by atoms with van der Waals surface area (Å²) in [6.45, 7) is 2.06. The molecule has 3 N–H and O–H groups in total. The standard InChI is InChI=1S/C23H22F3NO3S/c1-13-18-6-5-17(23(24,25)26)11-21(18)31-20(13)8-7-19(28)15-3-2-14(4-9-22(29)30)16(10-15)12-27/h2-3,5-6,10-11H,4,7-9,12,27H2,1H3,(H,29,30). The Hall–Kier alpha value is -2.71. The van der Waals surface area contributed by atoms with E-state index < -0.39 is 17.7 Å². The first-order valence-corrected chi connectivity index (χ1v) is 10.6. The number of hydrogen-bond donors (Lipinski definition) is 2. The normalized spacial score (nSPS) is 11.8. The summed E-state index contributed by atoms with van der Waals surface area (Å²) < 4.78 is 39.5. The highest BCUT2D eigenvalue weighted by atomic mass is 32.1. The minimum Gasteiger partial charge on any atom is -0.481 e. The lowest BCUT2D eigenvalue weighted by molar-refractivity contribution is -0.138. The van der Waals surface area contributed by atoms with Crippen LogP contribution >= 0.6 is 11.3 Å². The van der Waals surface area contributed by atoms with Crippen LogP contribution in [0, 0.1) is 6.92 Å². The van der Waals surface area contributed by atoms with Crippen LogP contribution in [0.2, 0.25) is 0 Å². The van der Waals surface area contributed by atoms with Crippen LogP contribution in [-0.4, -0.2) is 16.9 Å². The molecule has 2 aromatic carbocycles. The predicted octanol–water partition coefficient (Wildman–Crippen LogP) is 5.52. The molecule has 0 aliphatic rings. The van der Waals surface area contributed by atoms with Crippen molar-refractivity contribution in [3.63, 3.8) is 0 Å². The number of benzene rings is 2. The van der Waals surface area contributed by atoms with Crippen LogP contribution in [0.4, 0.5) is 13.2 Å². The Balaban J connectivity index is 1.75. The van der Waals surface area contributed by atoms with Gasteiger partial charge in [0.05, 0.1) is 5.56 Å². The number of rotatable bonds is 8. The smallest absolute Gasteiger partial charge is 0.416 e. The van der Waals surface area contributed by atoms with Gasteiger partial charge in [0.15, 0.2) is 5.78 Å². The van der Waals surface area contributed by atoms with Crippen molar-refractivity contribution in [2.24, 2.45) is 5.73 Å². The molecular formula is C23H22F3NO3S. The molecule has 0 atom stereocenters. The molecule has 0 radical (unpaired) electrons. The lowest BCUT2D eigenvalue weighted by Crippen LogP contribution is -2.08. The third-order valence-corrected chi connectivity index (χ3v) is 6.61. The number of Topliss-reactive ketones (excluding diaryl/α,β-unsaturated/α-hetero) is 1. The van der Waals surface area contributed by atoms with Crippen LogP contribution in [-0.2, 0) is 30.4 Å². The van der Waals surface area contributed by atoms with Crippen molar-refractivity contribution in [3.05, 3.63) is 69.1 Å². The van der Waals surface area contributed by atoms with E-state index in [1.807, 2.05) is 6.92 Å². The Morgan fingerprint density at radius 2 is 1.77 bits per heavy atom. The van der Waals surface area contributed by atoms with E-state index in [-0.39, 0.29) is 25.2 Å². The van der Waals surface area contributed by atoms with E-state index in [1.165, 1.54) is 17.4 Å². The summed E-state index contributed by atoms with van der Waals surface area (Å²) >= 11 is 1.28. The van der Waals surface area contributed by atoms with Crippen molar-refractivity contribution < 1.29 is 27.9 Å². The molecule has 0 aliphatic heterocycles. The van der Waals surface area contributed by atoms with E-state index in [4.69, 9.17) is 10.8 Å². The molecular weight excluding hydrogens is 427 g/mol. The minimum absolute atomic E-state index is 0.0123. The van der Waals surface area contributed by atoms with Crippen LogP contribution in [0.1, 0.15) is 50.3 Å². The number of ketones is 1. The first-order chi connectivity index (χ1) is 14.6.